The van der Waals surface area contributed by atoms with Crippen molar-refractivity contribution in [3.05, 3.63) is 0 Å². The first kappa shape index (κ1) is 27.1. The van der Waals surface area contributed by atoms with Crippen LogP contribution in [0.25, 0.3) is 0 Å². The molecule has 7 heteroatoms. The summed E-state index contributed by atoms with van der Waals surface area (Å²) in [6, 6.07) is 0.434. The van der Waals surface area contributed by atoms with Crippen molar-refractivity contribution in [2.24, 2.45) is 4.99 Å². The number of ether oxygens (including phenoxy) is 2. The van der Waals surface area contributed by atoms with Crippen LogP contribution in [0.1, 0.15) is 46.5 Å². The third kappa shape index (κ3) is 17.1. The molecule has 2 N–H and O–H groups in total. The first-order valence-electron chi connectivity index (χ1n) is 9.44. The van der Waals surface area contributed by atoms with Gasteiger partial charge >= 0.3 is 0 Å². The standard InChI is InChI=1S/C18H40N4O2.HI/c1-6-22(7-2)13-10-11-17(3)21-18(19-4)20-12-8-9-14-24-16-15-23-5;/h17H,6-16H2,1-5H3,(H2,19,20,21);1H. The molecule has 0 aromatic heterocycles. The van der Waals surface area contributed by atoms with Crippen molar-refractivity contribution in [3.8, 4) is 0 Å². The van der Waals surface area contributed by atoms with Gasteiger partial charge in [0, 0.05) is 33.4 Å². The summed E-state index contributed by atoms with van der Waals surface area (Å²) in [6.07, 6.45) is 4.49. The van der Waals surface area contributed by atoms with Gasteiger partial charge in [-0.05, 0) is 52.2 Å². The quantitative estimate of drug-likeness (QED) is 0.166. The number of guanidine groups is 1. The smallest absolute Gasteiger partial charge is 0.191 e. The maximum Gasteiger partial charge on any atom is 0.191 e. The number of hydrogen-bond acceptors (Lipinski definition) is 4. The lowest BCUT2D eigenvalue weighted by atomic mass is 10.2. The molecule has 0 fully saturated rings. The normalized spacial score (nSPS) is 12.8. The van der Waals surface area contributed by atoms with Crippen LogP contribution in [0.2, 0.25) is 0 Å². The minimum absolute atomic E-state index is 0. The molecule has 0 aromatic rings. The molecule has 0 aromatic carbocycles. The second kappa shape index (κ2) is 20.2. The van der Waals surface area contributed by atoms with Crippen LogP contribution in [-0.4, -0.2) is 77.1 Å². The SMILES string of the molecule is CCN(CC)CCCC(C)NC(=NC)NCCCCOCCOC.I. The van der Waals surface area contributed by atoms with E-state index in [1.807, 2.05) is 7.05 Å². The minimum atomic E-state index is 0. The molecule has 0 rings (SSSR count). The van der Waals surface area contributed by atoms with Crippen molar-refractivity contribution in [3.63, 3.8) is 0 Å². The Bertz CT molecular complexity index is 303. The fourth-order valence-electron chi connectivity index (χ4n) is 2.44. The molecule has 25 heavy (non-hydrogen) atoms. The van der Waals surface area contributed by atoms with Crippen molar-refractivity contribution >= 4 is 29.9 Å². The first-order chi connectivity index (χ1) is 11.7. The van der Waals surface area contributed by atoms with Crippen LogP contribution in [0.15, 0.2) is 4.99 Å². The number of nitrogens with one attached hydrogen (secondary N) is 2. The topological polar surface area (TPSA) is 58.1 Å². The summed E-state index contributed by atoms with van der Waals surface area (Å²) >= 11 is 0. The largest absolute Gasteiger partial charge is 0.382 e. The van der Waals surface area contributed by atoms with E-state index in [1.165, 1.54) is 13.0 Å². The van der Waals surface area contributed by atoms with Crippen LogP contribution >= 0.6 is 24.0 Å². The molecule has 152 valence electrons. The molecule has 1 unspecified atom stereocenters. The molecule has 0 radical (unpaired) electrons. The number of rotatable bonds is 15. The predicted molar refractivity (Wildman–Crippen MR) is 118 cm³/mol. The second-order valence-electron chi connectivity index (χ2n) is 6.03. The molecule has 0 amide bonds. The molecule has 0 aliphatic rings. The average Bonchev–Trinajstić information content (AvgIpc) is 2.60. The van der Waals surface area contributed by atoms with E-state index < -0.39 is 0 Å². The summed E-state index contributed by atoms with van der Waals surface area (Å²) in [5, 5.41) is 6.84. The third-order valence-electron chi connectivity index (χ3n) is 4.05. The Hall–Kier alpha value is -0.120. The molecule has 1 atom stereocenters. The summed E-state index contributed by atoms with van der Waals surface area (Å²) in [4.78, 5) is 6.76. The lowest BCUT2D eigenvalue weighted by Gasteiger charge is -2.21. The second-order valence-corrected chi connectivity index (χ2v) is 6.03. The summed E-state index contributed by atoms with van der Waals surface area (Å²) < 4.78 is 10.4. The maximum atomic E-state index is 5.45. The van der Waals surface area contributed by atoms with Gasteiger partial charge in [-0.15, -0.1) is 24.0 Å². The molecular formula is C18H41IN4O2. The van der Waals surface area contributed by atoms with Crippen LogP contribution < -0.4 is 10.6 Å². The van der Waals surface area contributed by atoms with E-state index in [2.05, 4.69) is 41.3 Å². The minimum Gasteiger partial charge on any atom is -0.382 e. The molecule has 0 spiro atoms. The molecular weight excluding hydrogens is 431 g/mol. The maximum absolute atomic E-state index is 5.45. The van der Waals surface area contributed by atoms with E-state index in [0.29, 0.717) is 19.3 Å². The van der Waals surface area contributed by atoms with Gasteiger partial charge in [0.1, 0.15) is 0 Å². The number of aliphatic imine (C=N–C) groups is 1. The highest BCUT2D eigenvalue weighted by Crippen LogP contribution is 1.99. The molecule has 0 saturated carbocycles. The van der Waals surface area contributed by atoms with E-state index in [4.69, 9.17) is 9.47 Å². The molecule has 0 aliphatic heterocycles. The number of nitrogens with zero attached hydrogens (tertiary/aromatic N) is 2. The zero-order chi connectivity index (χ0) is 18.0. The summed E-state index contributed by atoms with van der Waals surface area (Å²) in [6.45, 7) is 13.2. The van der Waals surface area contributed by atoms with E-state index >= 15 is 0 Å². The Morgan fingerprint density at radius 1 is 1.08 bits per heavy atom. The van der Waals surface area contributed by atoms with Gasteiger partial charge in [0.05, 0.1) is 13.2 Å². The third-order valence-corrected chi connectivity index (χ3v) is 4.05. The van der Waals surface area contributed by atoms with Crippen molar-refractivity contribution in [2.75, 3.05) is 60.2 Å². The van der Waals surface area contributed by atoms with Crippen molar-refractivity contribution in [1.82, 2.24) is 15.5 Å². The van der Waals surface area contributed by atoms with Crippen LogP contribution in [0.3, 0.4) is 0 Å². The molecule has 0 bridgehead atoms. The van der Waals surface area contributed by atoms with Crippen LogP contribution in [0, 0.1) is 0 Å². The van der Waals surface area contributed by atoms with Gasteiger partial charge in [0.15, 0.2) is 5.96 Å². The van der Waals surface area contributed by atoms with Gasteiger partial charge in [-0.3, -0.25) is 4.99 Å². The highest BCUT2D eigenvalue weighted by Gasteiger charge is 2.06. The fourth-order valence-corrected chi connectivity index (χ4v) is 2.44. The van der Waals surface area contributed by atoms with Crippen molar-refractivity contribution < 1.29 is 9.47 Å². The van der Waals surface area contributed by atoms with E-state index in [1.54, 1.807) is 7.11 Å². The summed E-state index contributed by atoms with van der Waals surface area (Å²) in [7, 11) is 3.52. The number of halogens is 1. The van der Waals surface area contributed by atoms with Gasteiger partial charge in [-0.25, -0.2) is 0 Å². The molecule has 0 heterocycles. The fraction of sp³-hybridized carbons (Fsp3) is 0.944. The summed E-state index contributed by atoms with van der Waals surface area (Å²) in [5.41, 5.74) is 0. The molecule has 0 aliphatic carbocycles. The molecule has 0 saturated heterocycles. The van der Waals surface area contributed by atoms with Gasteiger partial charge in [0.25, 0.3) is 0 Å². The average molecular weight is 472 g/mol. The van der Waals surface area contributed by atoms with Crippen LogP contribution in [0.4, 0.5) is 0 Å². The Morgan fingerprint density at radius 2 is 1.80 bits per heavy atom. The zero-order valence-corrected chi connectivity index (χ0v) is 19.3. The monoisotopic (exact) mass is 472 g/mol. The first-order valence-corrected chi connectivity index (χ1v) is 9.44. The Labute approximate surface area is 172 Å². The van der Waals surface area contributed by atoms with E-state index in [-0.39, 0.29) is 24.0 Å². The number of unbranched alkanes of at least 4 members (excludes halogenated alkanes) is 1. The lowest BCUT2D eigenvalue weighted by molar-refractivity contribution is 0.0689. The van der Waals surface area contributed by atoms with Crippen LogP contribution in [0.5, 0.6) is 0 Å². The van der Waals surface area contributed by atoms with Crippen LogP contribution in [-0.2, 0) is 9.47 Å². The molecule has 6 nitrogen and oxygen atoms in total. The van der Waals surface area contributed by atoms with Crippen molar-refractivity contribution in [1.29, 1.82) is 0 Å². The number of hydrogen-bond donors (Lipinski definition) is 2. The zero-order valence-electron chi connectivity index (χ0n) is 17.0. The van der Waals surface area contributed by atoms with Gasteiger partial charge in [-0.1, -0.05) is 13.8 Å². The highest BCUT2D eigenvalue weighted by atomic mass is 127. The Morgan fingerprint density at radius 3 is 2.40 bits per heavy atom. The highest BCUT2D eigenvalue weighted by molar-refractivity contribution is 14.0. The van der Waals surface area contributed by atoms with Gasteiger partial charge in [-0.2, -0.15) is 0 Å². The Balaban J connectivity index is 0. The van der Waals surface area contributed by atoms with Gasteiger partial charge < -0.3 is 25.0 Å². The predicted octanol–water partition coefficient (Wildman–Crippen LogP) is 2.72. The van der Waals surface area contributed by atoms with E-state index in [9.17, 15) is 0 Å². The lowest BCUT2D eigenvalue weighted by Crippen LogP contribution is -2.42. The van der Waals surface area contributed by atoms with E-state index in [0.717, 1.165) is 51.5 Å². The summed E-state index contributed by atoms with van der Waals surface area (Å²) in [5.74, 6) is 0.894. The number of methoxy groups -OCH3 is 1. The van der Waals surface area contributed by atoms with Gasteiger partial charge in [0.2, 0.25) is 0 Å². The van der Waals surface area contributed by atoms with Crippen molar-refractivity contribution in [2.45, 2.75) is 52.5 Å². The Kier molecular flexibility index (Phi) is 21.9.